The van der Waals surface area contributed by atoms with Crippen LogP contribution in [0.2, 0.25) is 0 Å². The summed E-state index contributed by atoms with van der Waals surface area (Å²) >= 11 is 0. The first-order valence-corrected chi connectivity index (χ1v) is 8.31. The fraction of sp³-hybridized carbons (Fsp3) is 0.938. The number of nitrogens with zero attached hydrogens (tertiary/aromatic N) is 2. The molecular formula is C16H35IN4. The molecule has 5 heteroatoms. The van der Waals surface area contributed by atoms with Crippen molar-refractivity contribution < 1.29 is 0 Å². The minimum Gasteiger partial charge on any atom is -0.355 e. The first-order chi connectivity index (χ1) is 9.60. The SMILES string of the molecule is CCN(CC)C(C)CNC(=NC)NC1CCC(C)CC1.I. The highest BCUT2D eigenvalue weighted by Gasteiger charge is 2.19. The lowest BCUT2D eigenvalue weighted by Crippen LogP contribution is -2.49. The Balaban J connectivity index is 0.00000400. The molecule has 0 bridgehead atoms. The van der Waals surface area contributed by atoms with E-state index in [9.17, 15) is 0 Å². The lowest BCUT2D eigenvalue weighted by molar-refractivity contribution is 0.231. The number of rotatable bonds is 6. The van der Waals surface area contributed by atoms with Gasteiger partial charge in [0.2, 0.25) is 0 Å². The number of hydrogen-bond acceptors (Lipinski definition) is 2. The van der Waals surface area contributed by atoms with Gasteiger partial charge in [0.15, 0.2) is 5.96 Å². The Morgan fingerprint density at radius 2 is 1.76 bits per heavy atom. The van der Waals surface area contributed by atoms with Crippen LogP contribution in [0.1, 0.15) is 53.4 Å². The summed E-state index contributed by atoms with van der Waals surface area (Å²) in [5.41, 5.74) is 0. The zero-order chi connectivity index (χ0) is 15.0. The molecule has 1 saturated carbocycles. The summed E-state index contributed by atoms with van der Waals surface area (Å²) in [6, 6.07) is 1.14. The van der Waals surface area contributed by atoms with Gasteiger partial charge in [-0.25, -0.2) is 0 Å². The van der Waals surface area contributed by atoms with Gasteiger partial charge in [-0.15, -0.1) is 24.0 Å². The molecule has 0 saturated heterocycles. The first kappa shape index (κ1) is 21.0. The Kier molecular flexibility index (Phi) is 11.5. The highest BCUT2D eigenvalue weighted by atomic mass is 127. The highest BCUT2D eigenvalue weighted by molar-refractivity contribution is 14.0. The van der Waals surface area contributed by atoms with Gasteiger partial charge in [0.05, 0.1) is 0 Å². The van der Waals surface area contributed by atoms with Gasteiger partial charge >= 0.3 is 0 Å². The number of likely N-dealkylation sites (N-methyl/N-ethyl adjacent to an activating group) is 1. The van der Waals surface area contributed by atoms with E-state index in [0.29, 0.717) is 12.1 Å². The standard InChI is InChI=1S/C16H34N4.HI/c1-6-20(7-2)14(4)12-18-16(17-5)19-15-10-8-13(3)9-11-15;/h13-15H,6-12H2,1-5H3,(H2,17,18,19);1H. The van der Waals surface area contributed by atoms with E-state index in [0.717, 1.165) is 31.5 Å². The molecular weight excluding hydrogens is 375 g/mol. The van der Waals surface area contributed by atoms with Crippen molar-refractivity contribution in [1.29, 1.82) is 0 Å². The average molecular weight is 410 g/mol. The van der Waals surface area contributed by atoms with Crippen LogP contribution >= 0.6 is 24.0 Å². The maximum Gasteiger partial charge on any atom is 0.191 e. The van der Waals surface area contributed by atoms with E-state index in [1.165, 1.54) is 25.7 Å². The second-order valence-corrected chi connectivity index (χ2v) is 6.12. The van der Waals surface area contributed by atoms with Gasteiger partial charge in [-0.1, -0.05) is 20.8 Å². The van der Waals surface area contributed by atoms with E-state index >= 15 is 0 Å². The summed E-state index contributed by atoms with van der Waals surface area (Å²) in [7, 11) is 1.86. The molecule has 1 aliphatic rings. The molecule has 1 unspecified atom stereocenters. The van der Waals surface area contributed by atoms with Crippen LogP contribution in [0.3, 0.4) is 0 Å². The minimum absolute atomic E-state index is 0. The van der Waals surface area contributed by atoms with Crippen LogP contribution in [0.4, 0.5) is 0 Å². The van der Waals surface area contributed by atoms with Crippen LogP contribution in [-0.2, 0) is 0 Å². The van der Waals surface area contributed by atoms with E-state index in [4.69, 9.17) is 0 Å². The van der Waals surface area contributed by atoms with Crippen molar-refractivity contribution in [2.24, 2.45) is 10.9 Å². The van der Waals surface area contributed by atoms with Gasteiger partial charge in [0.25, 0.3) is 0 Å². The summed E-state index contributed by atoms with van der Waals surface area (Å²) in [6.45, 7) is 12.2. The summed E-state index contributed by atoms with van der Waals surface area (Å²) in [5, 5.41) is 7.05. The Hall–Kier alpha value is -0.0400. The predicted molar refractivity (Wildman–Crippen MR) is 104 cm³/mol. The molecule has 0 spiro atoms. The van der Waals surface area contributed by atoms with E-state index < -0.39 is 0 Å². The van der Waals surface area contributed by atoms with Crippen molar-refractivity contribution in [2.75, 3.05) is 26.7 Å². The predicted octanol–water partition coefficient (Wildman–Crippen LogP) is 3.08. The van der Waals surface area contributed by atoms with Crippen LogP contribution < -0.4 is 10.6 Å². The zero-order valence-electron chi connectivity index (χ0n) is 14.5. The monoisotopic (exact) mass is 410 g/mol. The quantitative estimate of drug-likeness (QED) is 0.402. The molecule has 2 N–H and O–H groups in total. The smallest absolute Gasteiger partial charge is 0.191 e. The van der Waals surface area contributed by atoms with Crippen LogP contribution in [0.25, 0.3) is 0 Å². The van der Waals surface area contributed by atoms with E-state index in [1.54, 1.807) is 0 Å². The molecule has 21 heavy (non-hydrogen) atoms. The maximum atomic E-state index is 4.36. The lowest BCUT2D eigenvalue weighted by atomic mass is 9.87. The molecule has 0 aromatic carbocycles. The molecule has 1 rings (SSSR count). The van der Waals surface area contributed by atoms with Gasteiger partial charge in [-0.05, 0) is 51.6 Å². The Bertz CT molecular complexity index is 284. The molecule has 4 nitrogen and oxygen atoms in total. The molecule has 0 aromatic heterocycles. The fourth-order valence-electron chi connectivity index (χ4n) is 3.01. The second-order valence-electron chi connectivity index (χ2n) is 6.12. The van der Waals surface area contributed by atoms with Crippen molar-refractivity contribution in [2.45, 2.75) is 65.5 Å². The molecule has 1 atom stereocenters. The third-order valence-corrected chi connectivity index (χ3v) is 4.58. The molecule has 1 fully saturated rings. The Labute approximate surface area is 148 Å². The third-order valence-electron chi connectivity index (χ3n) is 4.58. The van der Waals surface area contributed by atoms with Crippen LogP contribution in [0.5, 0.6) is 0 Å². The number of guanidine groups is 1. The van der Waals surface area contributed by atoms with Gasteiger partial charge in [0, 0.05) is 25.7 Å². The summed E-state index contributed by atoms with van der Waals surface area (Å²) in [5.74, 6) is 1.86. The maximum absolute atomic E-state index is 4.36. The fourth-order valence-corrected chi connectivity index (χ4v) is 3.01. The van der Waals surface area contributed by atoms with Gasteiger partial charge in [0.1, 0.15) is 0 Å². The molecule has 0 heterocycles. The number of nitrogens with one attached hydrogen (secondary N) is 2. The first-order valence-electron chi connectivity index (χ1n) is 8.31. The summed E-state index contributed by atoms with van der Waals surface area (Å²) in [4.78, 5) is 6.82. The van der Waals surface area contributed by atoms with Crippen molar-refractivity contribution in [3.63, 3.8) is 0 Å². The molecule has 126 valence electrons. The lowest BCUT2D eigenvalue weighted by Gasteiger charge is -2.30. The van der Waals surface area contributed by atoms with Crippen molar-refractivity contribution >= 4 is 29.9 Å². The van der Waals surface area contributed by atoms with Crippen molar-refractivity contribution in [3.05, 3.63) is 0 Å². The topological polar surface area (TPSA) is 39.7 Å². The summed E-state index contributed by atoms with van der Waals surface area (Å²) in [6.07, 6.45) is 5.22. The zero-order valence-corrected chi connectivity index (χ0v) is 16.8. The molecule has 0 amide bonds. The molecule has 0 aromatic rings. The van der Waals surface area contributed by atoms with E-state index in [-0.39, 0.29) is 24.0 Å². The van der Waals surface area contributed by atoms with E-state index in [2.05, 4.69) is 48.2 Å². The molecule has 0 radical (unpaired) electrons. The number of hydrogen-bond donors (Lipinski definition) is 2. The summed E-state index contributed by atoms with van der Waals surface area (Å²) < 4.78 is 0. The van der Waals surface area contributed by atoms with Crippen LogP contribution in [-0.4, -0.2) is 49.6 Å². The third kappa shape index (κ3) is 7.68. The molecule has 0 aliphatic heterocycles. The normalized spacial score (nSPS) is 24.4. The highest BCUT2D eigenvalue weighted by Crippen LogP contribution is 2.23. The second kappa shape index (κ2) is 11.5. The average Bonchev–Trinajstić information content (AvgIpc) is 2.46. The minimum atomic E-state index is 0. The van der Waals surface area contributed by atoms with Crippen LogP contribution in [0.15, 0.2) is 4.99 Å². The van der Waals surface area contributed by atoms with Crippen LogP contribution in [0, 0.1) is 5.92 Å². The van der Waals surface area contributed by atoms with Gasteiger partial charge < -0.3 is 10.6 Å². The van der Waals surface area contributed by atoms with Gasteiger partial charge in [-0.3, -0.25) is 9.89 Å². The largest absolute Gasteiger partial charge is 0.355 e. The van der Waals surface area contributed by atoms with E-state index in [1.807, 2.05) is 7.05 Å². The molecule has 1 aliphatic carbocycles. The Morgan fingerprint density at radius 3 is 2.24 bits per heavy atom. The van der Waals surface area contributed by atoms with Crippen molar-refractivity contribution in [3.8, 4) is 0 Å². The number of aliphatic imine (C=N–C) groups is 1. The van der Waals surface area contributed by atoms with Gasteiger partial charge in [-0.2, -0.15) is 0 Å². The number of halogens is 1. The van der Waals surface area contributed by atoms with Crippen molar-refractivity contribution in [1.82, 2.24) is 15.5 Å². The Morgan fingerprint density at radius 1 is 1.19 bits per heavy atom.